The van der Waals surface area contributed by atoms with E-state index in [4.69, 9.17) is 0 Å². The van der Waals surface area contributed by atoms with Crippen LogP contribution < -0.4 is 5.32 Å². The van der Waals surface area contributed by atoms with Crippen LogP contribution in [-0.4, -0.2) is 23.8 Å². The Bertz CT molecular complexity index is 136. The minimum absolute atomic E-state index is 0.481. The van der Waals surface area contributed by atoms with Crippen molar-refractivity contribution in [1.82, 2.24) is 5.32 Å². The van der Waals surface area contributed by atoms with Gasteiger partial charge >= 0.3 is 0 Å². The fourth-order valence-electron chi connectivity index (χ4n) is 1.49. The van der Waals surface area contributed by atoms with E-state index in [0.717, 1.165) is 38.8 Å². The molecule has 2 N–H and O–H groups in total. The highest BCUT2D eigenvalue weighted by Gasteiger charge is 2.22. The maximum Gasteiger partial charge on any atom is 0.0768 e. The molecule has 0 amide bonds. The fourth-order valence-corrected chi connectivity index (χ4v) is 1.49. The van der Waals surface area contributed by atoms with Crippen LogP contribution in [0.15, 0.2) is 0 Å². The second-order valence-corrected chi connectivity index (χ2v) is 4.71. The van der Waals surface area contributed by atoms with Crippen molar-refractivity contribution in [2.45, 2.75) is 59.0 Å². The van der Waals surface area contributed by atoms with Gasteiger partial charge in [-0.1, -0.05) is 40.5 Å². The highest BCUT2D eigenvalue weighted by molar-refractivity contribution is 4.79. The molecular weight excluding hydrogens is 174 g/mol. The van der Waals surface area contributed by atoms with Gasteiger partial charge in [0.1, 0.15) is 0 Å². The second kappa shape index (κ2) is 7.24. The minimum atomic E-state index is -0.481. The van der Waals surface area contributed by atoms with Crippen molar-refractivity contribution in [1.29, 1.82) is 0 Å². The van der Waals surface area contributed by atoms with Gasteiger partial charge < -0.3 is 10.4 Å². The first-order chi connectivity index (χ1) is 6.54. The maximum atomic E-state index is 10.2. The molecule has 2 heteroatoms. The zero-order valence-corrected chi connectivity index (χ0v) is 10.3. The third-order valence-corrected chi connectivity index (χ3v) is 2.66. The zero-order chi connectivity index (χ0) is 11.0. The van der Waals surface area contributed by atoms with Crippen molar-refractivity contribution in [2.24, 2.45) is 5.92 Å². The molecule has 0 bridgehead atoms. The molecular formula is C12H27NO. The summed E-state index contributed by atoms with van der Waals surface area (Å²) in [5, 5.41) is 13.5. The van der Waals surface area contributed by atoms with Crippen LogP contribution in [0.3, 0.4) is 0 Å². The first-order valence-electron chi connectivity index (χ1n) is 5.97. The Kier molecular flexibility index (Phi) is 7.20. The molecule has 1 atom stereocenters. The highest BCUT2D eigenvalue weighted by atomic mass is 16.3. The van der Waals surface area contributed by atoms with Crippen LogP contribution in [0, 0.1) is 5.92 Å². The summed E-state index contributed by atoms with van der Waals surface area (Å²) in [5.41, 5.74) is -0.481. The highest BCUT2D eigenvalue weighted by Crippen LogP contribution is 2.17. The largest absolute Gasteiger partial charge is 0.389 e. The summed E-state index contributed by atoms with van der Waals surface area (Å²) in [6.45, 7) is 10.3. The Morgan fingerprint density at radius 3 is 2.36 bits per heavy atom. The monoisotopic (exact) mass is 201 g/mol. The number of hydrogen-bond acceptors (Lipinski definition) is 2. The van der Waals surface area contributed by atoms with Crippen LogP contribution in [0.1, 0.15) is 53.4 Å². The summed E-state index contributed by atoms with van der Waals surface area (Å²) < 4.78 is 0. The molecule has 0 heterocycles. The fraction of sp³-hybridized carbons (Fsp3) is 1.00. The number of rotatable bonds is 8. The summed E-state index contributed by atoms with van der Waals surface area (Å²) in [4.78, 5) is 0. The third kappa shape index (κ3) is 6.39. The lowest BCUT2D eigenvalue weighted by molar-refractivity contribution is 0.0253. The molecule has 0 radical (unpaired) electrons. The zero-order valence-electron chi connectivity index (χ0n) is 10.3. The number of nitrogens with one attached hydrogen (secondary N) is 1. The Balaban J connectivity index is 3.74. The van der Waals surface area contributed by atoms with E-state index in [0.29, 0.717) is 5.92 Å². The van der Waals surface area contributed by atoms with Gasteiger partial charge in [-0.3, -0.25) is 0 Å². The van der Waals surface area contributed by atoms with Gasteiger partial charge in [0.05, 0.1) is 5.60 Å². The number of hydrogen-bond donors (Lipinski definition) is 2. The normalized spacial score (nSPS) is 15.9. The molecule has 0 aliphatic heterocycles. The van der Waals surface area contributed by atoms with Gasteiger partial charge in [0.25, 0.3) is 0 Å². The molecule has 86 valence electrons. The molecule has 0 rings (SSSR count). The Morgan fingerprint density at radius 2 is 1.93 bits per heavy atom. The van der Waals surface area contributed by atoms with Crippen molar-refractivity contribution in [3.8, 4) is 0 Å². The molecule has 0 saturated carbocycles. The average Bonchev–Trinajstić information content (AvgIpc) is 2.14. The molecule has 0 aliphatic rings. The quantitative estimate of drug-likeness (QED) is 0.632. The van der Waals surface area contributed by atoms with Crippen LogP contribution in [-0.2, 0) is 0 Å². The van der Waals surface area contributed by atoms with Gasteiger partial charge in [0.15, 0.2) is 0 Å². The van der Waals surface area contributed by atoms with Crippen molar-refractivity contribution in [3.05, 3.63) is 0 Å². The molecule has 1 unspecified atom stereocenters. The van der Waals surface area contributed by atoms with Gasteiger partial charge in [0.2, 0.25) is 0 Å². The van der Waals surface area contributed by atoms with E-state index in [1.807, 2.05) is 0 Å². The predicted molar refractivity (Wildman–Crippen MR) is 62.5 cm³/mol. The first-order valence-corrected chi connectivity index (χ1v) is 5.97. The minimum Gasteiger partial charge on any atom is -0.389 e. The van der Waals surface area contributed by atoms with Crippen LogP contribution in [0.4, 0.5) is 0 Å². The summed E-state index contributed by atoms with van der Waals surface area (Å²) in [6, 6.07) is 0. The van der Waals surface area contributed by atoms with Crippen molar-refractivity contribution in [3.63, 3.8) is 0 Å². The molecule has 0 aromatic rings. The predicted octanol–water partition coefficient (Wildman–Crippen LogP) is 2.56. The summed E-state index contributed by atoms with van der Waals surface area (Å²) >= 11 is 0. The summed E-state index contributed by atoms with van der Waals surface area (Å²) in [7, 11) is 0. The lowest BCUT2D eigenvalue weighted by Gasteiger charge is -2.27. The Labute approximate surface area is 89.1 Å². The molecule has 14 heavy (non-hydrogen) atoms. The van der Waals surface area contributed by atoms with Gasteiger partial charge in [0, 0.05) is 6.54 Å². The topological polar surface area (TPSA) is 32.3 Å². The van der Waals surface area contributed by atoms with Crippen molar-refractivity contribution < 1.29 is 5.11 Å². The smallest absolute Gasteiger partial charge is 0.0768 e. The maximum absolute atomic E-state index is 10.2. The molecule has 0 fully saturated rings. The van der Waals surface area contributed by atoms with Crippen LogP contribution >= 0.6 is 0 Å². The van der Waals surface area contributed by atoms with E-state index in [2.05, 4.69) is 33.0 Å². The molecule has 0 saturated heterocycles. The van der Waals surface area contributed by atoms with E-state index in [9.17, 15) is 5.11 Å². The van der Waals surface area contributed by atoms with Gasteiger partial charge in [-0.05, 0) is 25.3 Å². The average molecular weight is 201 g/mol. The second-order valence-electron chi connectivity index (χ2n) is 4.71. The van der Waals surface area contributed by atoms with Crippen LogP contribution in [0.25, 0.3) is 0 Å². The Morgan fingerprint density at radius 1 is 1.29 bits per heavy atom. The molecule has 0 aromatic heterocycles. The SMILES string of the molecule is CCCCC(O)(CC)CNCC(C)C. The van der Waals surface area contributed by atoms with Gasteiger partial charge in [-0.25, -0.2) is 0 Å². The van der Waals surface area contributed by atoms with E-state index < -0.39 is 5.60 Å². The Hall–Kier alpha value is -0.0800. The van der Waals surface area contributed by atoms with Gasteiger partial charge in [-0.15, -0.1) is 0 Å². The standard InChI is InChI=1S/C12H27NO/c1-5-7-8-12(14,6-2)10-13-9-11(3)4/h11,13-14H,5-10H2,1-4H3. The number of aliphatic hydroxyl groups is 1. The summed E-state index contributed by atoms with van der Waals surface area (Å²) in [5.74, 6) is 0.655. The molecule has 0 aliphatic carbocycles. The van der Waals surface area contributed by atoms with E-state index in [-0.39, 0.29) is 0 Å². The van der Waals surface area contributed by atoms with Crippen molar-refractivity contribution in [2.75, 3.05) is 13.1 Å². The number of unbranched alkanes of at least 4 members (excludes halogenated alkanes) is 1. The van der Waals surface area contributed by atoms with Crippen LogP contribution in [0.5, 0.6) is 0 Å². The molecule has 0 aromatic carbocycles. The van der Waals surface area contributed by atoms with Crippen molar-refractivity contribution >= 4 is 0 Å². The van der Waals surface area contributed by atoms with Gasteiger partial charge in [-0.2, -0.15) is 0 Å². The van der Waals surface area contributed by atoms with E-state index in [1.165, 1.54) is 0 Å². The van der Waals surface area contributed by atoms with Crippen LogP contribution in [0.2, 0.25) is 0 Å². The van der Waals surface area contributed by atoms with E-state index >= 15 is 0 Å². The molecule has 0 spiro atoms. The lowest BCUT2D eigenvalue weighted by Crippen LogP contribution is -2.41. The summed E-state index contributed by atoms with van der Waals surface area (Å²) in [6.07, 6.45) is 4.05. The first kappa shape index (κ1) is 13.9. The molecule has 2 nitrogen and oxygen atoms in total. The third-order valence-electron chi connectivity index (χ3n) is 2.66. The lowest BCUT2D eigenvalue weighted by atomic mass is 9.93. The van der Waals surface area contributed by atoms with E-state index in [1.54, 1.807) is 0 Å².